The molecule has 0 bridgehead atoms. The minimum Gasteiger partial charge on any atom is -0.423 e. The van der Waals surface area contributed by atoms with E-state index in [1.54, 1.807) is 6.07 Å². The summed E-state index contributed by atoms with van der Waals surface area (Å²) >= 11 is 0. The third-order valence-electron chi connectivity index (χ3n) is 1.92. The Kier molecular flexibility index (Phi) is 4.82. The van der Waals surface area contributed by atoms with Gasteiger partial charge < -0.3 is 15.2 Å². The molecule has 19 heavy (non-hydrogen) atoms. The molecule has 0 fully saturated rings. The fourth-order valence-corrected chi connectivity index (χ4v) is 1.28. The SMILES string of the molecule is CC(=O)Oc1ccc(C=CC(N)=O)cc1OC(C)=O. The van der Waals surface area contributed by atoms with Crippen molar-refractivity contribution in [2.45, 2.75) is 13.8 Å². The minimum atomic E-state index is -0.599. The summed E-state index contributed by atoms with van der Waals surface area (Å²) in [5, 5.41) is 0. The summed E-state index contributed by atoms with van der Waals surface area (Å²) in [5.41, 5.74) is 5.55. The molecule has 0 radical (unpaired) electrons. The van der Waals surface area contributed by atoms with Gasteiger partial charge in [-0.3, -0.25) is 14.4 Å². The maximum absolute atomic E-state index is 11.0. The fourth-order valence-electron chi connectivity index (χ4n) is 1.28. The molecule has 0 saturated carbocycles. The molecular weight excluding hydrogens is 250 g/mol. The van der Waals surface area contributed by atoms with Crippen LogP contribution in [0.5, 0.6) is 11.5 Å². The van der Waals surface area contributed by atoms with Crippen LogP contribution in [-0.2, 0) is 14.4 Å². The Morgan fingerprint density at radius 2 is 1.63 bits per heavy atom. The molecule has 0 unspecified atom stereocenters. The van der Waals surface area contributed by atoms with E-state index in [1.807, 2.05) is 0 Å². The molecule has 1 amide bonds. The van der Waals surface area contributed by atoms with Crippen molar-refractivity contribution < 1.29 is 23.9 Å². The van der Waals surface area contributed by atoms with E-state index in [4.69, 9.17) is 15.2 Å². The number of carbonyl (C=O) groups is 3. The number of rotatable bonds is 4. The predicted octanol–water partition coefficient (Wildman–Crippen LogP) is 1.04. The highest BCUT2D eigenvalue weighted by Crippen LogP contribution is 2.29. The molecule has 0 heterocycles. The van der Waals surface area contributed by atoms with Gasteiger partial charge >= 0.3 is 11.9 Å². The van der Waals surface area contributed by atoms with Crippen molar-refractivity contribution in [3.63, 3.8) is 0 Å². The maximum Gasteiger partial charge on any atom is 0.308 e. The summed E-state index contributed by atoms with van der Waals surface area (Å²) < 4.78 is 9.82. The number of benzene rings is 1. The van der Waals surface area contributed by atoms with Gasteiger partial charge in [0.2, 0.25) is 5.91 Å². The van der Waals surface area contributed by atoms with Gasteiger partial charge in [-0.05, 0) is 23.8 Å². The molecule has 1 aromatic carbocycles. The van der Waals surface area contributed by atoms with Crippen LogP contribution < -0.4 is 15.2 Å². The standard InChI is InChI=1S/C13H13NO5/c1-8(15)18-11-5-3-10(4-6-13(14)17)7-12(11)19-9(2)16/h3-7H,1-2H3,(H2,14,17). The monoisotopic (exact) mass is 263 g/mol. The lowest BCUT2D eigenvalue weighted by Gasteiger charge is -2.09. The number of primary amides is 1. The van der Waals surface area contributed by atoms with E-state index in [9.17, 15) is 14.4 Å². The van der Waals surface area contributed by atoms with Crippen molar-refractivity contribution in [2.24, 2.45) is 5.73 Å². The topological polar surface area (TPSA) is 95.7 Å². The summed E-state index contributed by atoms with van der Waals surface area (Å²) in [6.07, 6.45) is 2.62. The van der Waals surface area contributed by atoms with Gasteiger partial charge in [0, 0.05) is 19.9 Å². The summed E-state index contributed by atoms with van der Waals surface area (Å²) in [6.45, 7) is 2.46. The van der Waals surface area contributed by atoms with Crippen molar-refractivity contribution in [3.8, 4) is 11.5 Å². The quantitative estimate of drug-likeness (QED) is 0.497. The molecule has 2 N–H and O–H groups in total. The second kappa shape index (κ2) is 6.34. The molecule has 0 atom stereocenters. The van der Waals surface area contributed by atoms with Crippen molar-refractivity contribution >= 4 is 23.9 Å². The fraction of sp³-hybridized carbons (Fsp3) is 0.154. The molecule has 0 aliphatic heterocycles. The molecule has 0 aliphatic rings. The average molecular weight is 263 g/mol. The second-order valence-corrected chi connectivity index (χ2v) is 3.63. The Bertz CT molecular complexity index is 548. The molecule has 0 saturated heterocycles. The number of amides is 1. The first-order valence-corrected chi connectivity index (χ1v) is 5.37. The van der Waals surface area contributed by atoms with Crippen LogP contribution in [0.1, 0.15) is 19.4 Å². The second-order valence-electron chi connectivity index (χ2n) is 3.63. The molecule has 100 valence electrons. The Morgan fingerprint density at radius 1 is 1.05 bits per heavy atom. The largest absolute Gasteiger partial charge is 0.423 e. The maximum atomic E-state index is 11.0. The molecule has 6 nitrogen and oxygen atoms in total. The minimum absolute atomic E-state index is 0.0920. The van der Waals surface area contributed by atoms with E-state index >= 15 is 0 Å². The van der Waals surface area contributed by atoms with Crippen LogP contribution in [0, 0.1) is 0 Å². The Hall–Kier alpha value is -2.63. The first-order chi connectivity index (χ1) is 8.88. The van der Waals surface area contributed by atoms with E-state index in [1.165, 1.54) is 38.1 Å². The number of hydrogen-bond donors (Lipinski definition) is 1. The third-order valence-corrected chi connectivity index (χ3v) is 1.92. The van der Waals surface area contributed by atoms with Crippen molar-refractivity contribution in [2.75, 3.05) is 0 Å². The molecule has 6 heteroatoms. The Labute approximate surface area is 109 Å². The van der Waals surface area contributed by atoms with Gasteiger partial charge in [0.05, 0.1) is 0 Å². The number of carbonyl (C=O) groups excluding carboxylic acids is 3. The van der Waals surface area contributed by atoms with E-state index in [2.05, 4.69) is 0 Å². The summed E-state index contributed by atoms with van der Waals surface area (Å²) in [5.74, 6) is -1.47. The number of ether oxygens (including phenoxy) is 2. The molecule has 1 rings (SSSR count). The highest BCUT2D eigenvalue weighted by molar-refractivity contribution is 5.90. The van der Waals surface area contributed by atoms with Crippen LogP contribution in [0.2, 0.25) is 0 Å². The van der Waals surface area contributed by atoms with Gasteiger partial charge in [-0.1, -0.05) is 6.07 Å². The van der Waals surface area contributed by atoms with Crippen molar-refractivity contribution in [1.29, 1.82) is 0 Å². The average Bonchev–Trinajstić information content (AvgIpc) is 2.28. The molecule has 0 aromatic heterocycles. The highest BCUT2D eigenvalue weighted by Gasteiger charge is 2.10. The Morgan fingerprint density at radius 3 is 2.16 bits per heavy atom. The summed E-state index contributed by atoms with van der Waals surface area (Å²) in [6, 6.07) is 4.50. The van der Waals surface area contributed by atoms with Crippen LogP contribution in [-0.4, -0.2) is 17.8 Å². The summed E-state index contributed by atoms with van der Waals surface area (Å²) in [7, 11) is 0. The van der Waals surface area contributed by atoms with Crippen LogP contribution in [0.4, 0.5) is 0 Å². The van der Waals surface area contributed by atoms with Crippen molar-refractivity contribution in [3.05, 3.63) is 29.8 Å². The molecule has 0 aliphatic carbocycles. The van der Waals surface area contributed by atoms with Gasteiger partial charge in [0.15, 0.2) is 11.5 Å². The molecule has 1 aromatic rings. The zero-order valence-corrected chi connectivity index (χ0v) is 10.5. The van der Waals surface area contributed by atoms with E-state index < -0.39 is 17.8 Å². The lowest BCUT2D eigenvalue weighted by Crippen LogP contribution is -2.07. The van der Waals surface area contributed by atoms with Crippen molar-refractivity contribution in [1.82, 2.24) is 0 Å². The van der Waals surface area contributed by atoms with Crippen LogP contribution >= 0.6 is 0 Å². The van der Waals surface area contributed by atoms with Gasteiger partial charge in [-0.25, -0.2) is 0 Å². The predicted molar refractivity (Wildman–Crippen MR) is 67.3 cm³/mol. The molecular formula is C13H13NO5. The first-order valence-electron chi connectivity index (χ1n) is 5.37. The molecule has 0 spiro atoms. The van der Waals surface area contributed by atoms with Crippen LogP contribution in [0.3, 0.4) is 0 Å². The smallest absolute Gasteiger partial charge is 0.308 e. The normalized spacial score (nSPS) is 10.2. The van der Waals surface area contributed by atoms with Gasteiger partial charge in [-0.15, -0.1) is 0 Å². The van der Waals surface area contributed by atoms with Crippen LogP contribution in [0.15, 0.2) is 24.3 Å². The third kappa shape index (κ3) is 5.03. The number of nitrogens with two attached hydrogens (primary N) is 1. The highest BCUT2D eigenvalue weighted by atomic mass is 16.6. The summed E-state index contributed by atoms with van der Waals surface area (Å²) in [4.78, 5) is 32.5. The van der Waals surface area contributed by atoms with Crippen LogP contribution in [0.25, 0.3) is 6.08 Å². The van der Waals surface area contributed by atoms with Gasteiger partial charge in [0.1, 0.15) is 0 Å². The first kappa shape index (κ1) is 14.4. The zero-order chi connectivity index (χ0) is 14.4. The van der Waals surface area contributed by atoms with Gasteiger partial charge in [-0.2, -0.15) is 0 Å². The van der Waals surface area contributed by atoms with E-state index in [0.717, 1.165) is 0 Å². The zero-order valence-electron chi connectivity index (χ0n) is 10.5. The lowest BCUT2D eigenvalue weighted by molar-refractivity contribution is -0.134. The number of esters is 2. The van der Waals surface area contributed by atoms with Gasteiger partial charge in [0.25, 0.3) is 0 Å². The Balaban J connectivity index is 3.10. The lowest BCUT2D eigenvalue weighted by atomic mass is 10.2. The number of hydrogen-bond acceptors (Lipinski definition) is 5. The van der Waals surface area contributed by atoms with E-state index in [0.29, 0.717) is 5.56 Å². The van der Waals surface area contributed by atoms with E-state index in [-0.39, 0.29) is 11.5 Å².